The number of nitrogens with zero attached hydrogens (tertiary/aromatic N) is 4. The van der Waals surface area contributed by atoms with E-state index in [4.69, 9.17) is 0 Å². The summed E-state index contributed by atoms with van der Waals surface area (Å²) in [6.07, 6.45) is 7.05. The van der Waals surface area contributed by atoms with Crippen molar-refractivity contribution in [1.82, 2.24) is 14.6 Å². The Morgan fingerprint density at radius 1 is 1.42 bits per heavy atom. The van der Waals surface area contributed by atoms with Crippen molar-refractivity contribution in [1.29, 1.82) is 0 Å². The minimum Gasteiger partial charge on any atom is -0.619 e. The lowest BCUT2D eigenvalue weighted by Crippen LogP contribution is -2.28. The smallest absolute Gasteiger partial charge is 0.185 e. The van der Waals surface area contributed by atoms with E-state index in [2.05, 4.69) is 36.6 Å². The Morgan fingerprint density at radius 2 is 2.31 bits per heavy atom. The first-order valence-corrected chi connectivity index (χ1v) is 9.30. The summed E-state index contributed by atoms with van der Waals surface area (Å²) >= 11 is 3.47. The first-order valence-electron chi connectivity index (χ1n) is 8.50. The van der Waals surface area contributed by atoms with E-state index in [0.717, 1.165) is 39.8 Å². The largest absolute Gasteiger partial charge is 0.619 e. The van der Waals surface area contributed by atoms with Crippen molar-refractivity contribution < 1.29 is 9.84 Å². The summed E-state index contributed by atoms with van der Waals surface area (Å²) in [6.45, 7) is 0.477. The summed E-state index contributed by atoms with van der Waals surface area (Å²) in [6, 6.07) is 5.47. The first kappa shape index (κ1) is 17.0. The normalized spacial score (nSPS) is 19.8. The van der Waals surface area contributed by atoms with Gasteiger partial charge in [0.2, 0.25) is 0 Å². The van der Waals surface area contributed by atoms with Gasteiger partial charge in [0.25, 0.3) is 0 Å². The number of aliphatic hydroxyl groups is 1. The molecule has 3 N–H and O–H groups in total. The Morgan fingerprint density at radius 3 is 3.08 bits per heavy atom. The van der Waals surface area contributed by atoms with Gasteiger partial charge in [-0.1, -0.05) is 0 Å². The molecular weight excluding hydrogens is 400 g/mol. The molecule has 3 aromatic rings. The number of halogens is 1. The van der Waals surface area contributed by atoms with Gasteiger partial charge in [-0.15, -0.1) is 0 Å². The maximum Gasteiger partial charge on any atom is 0.185 e. The number of aromatic nitrogens is 4. The third-order valence-electron chi connectivity index (χ3n) is 4.55. The van der Waals surface area contributed by atoms with Gasteiger partial charge in [0, 0.05) is 24.2 Å². The molecule has 0 radical (unpaired) electrons. The third-order valence-corrected chi connectivity index (χ3v) is 5.11. The highest BCUT2D eigenvalue weighted by molar-refractivity contribution is 9.10. The fourth-order valence-corrected chi connectivity index (χ4v) is 3.58. The highest BCUT2D eigenvalue weighted by atomic mass is 79.9. The van der Waals surface area contributed by atoms with Crippen LogP contribution in [0.4, 0.5) is 11.6 Å². The zero-order chi connectivity index (χ0) is 18.1. The van der Waals surface area contributed by atoms with Crippen molar-refractivity contribution in [2.24, 2.45) is 0 Å². The van der Waals surface area contributed by atoms with Crippen LogP contribution in [-0.4, -0.2) is 31.9 Å². The molecule has 4 rings (SSSR count). The maximum absolute atomic E-state index is 11.4. The molecule has 3 aromatic heterocycles. The van der Waals surface area contributed by atoms with Gasteiger partial charge < -0.3 is 20.9 Å². The lowest BCUT2D eigenvalue weighted by molar-refractivity contribution is -0.605. The minimum absolute atomic E-state index is 0.00745. The summed E-state index contributed by atoms with van der Waals surface area (Å²) in [5.74, 6) is 1.43. The van der Waals surface area contributed by atoms with Crippen LogP contribution in [0.15, 0.2) is 41.3 Å². The molecule has 9 heteroatoms. The monoisotopic (exact) mass is 418 g/mol. The Hall–Kier alpha value is -2.39. The van der Waals surface area contributed by atoms with E-state index in [-0.39, 0.29) is 12.1 Å². The predicted octanol–water partition coefficient (Wildman–Crippen LogP) is 2.06. The number of rotatable bonds is 5. The summed E-state index contributed by atoms with van der Waals surface area (Å²) in [7, 11) is 0. The molecule has 1 fully saturated rings. The maximum atomic E-state index is 11.4. The zero-order valence-electron chi connectivity index (χ0n) is 14.0. The van der Waals surface area contributed by atoms with Crippen molar-refractivity contribution >= 4 is 33.2 Å². The summed E-state index contributed by atoms with van der Waals surface area (Å²) < 4.78 is 3.26. The molecule has 0 spiro atoms. The van der Waals surface area contributed by atoms with Gasteiger partial charge in [-0.3, -0.25) is 0 Å². The zero-order valence-corrected chi connectivity index (χ0v) is 15.6. The second-order valence-corrected chi connectivity index (χ2v) is 7.28. The van der Waals surface area contributed by atoms with E-state index in [1.165, 1.54) is 12.4 Å². The highest BCUT2D eigenvalue weighted by Gasteiger charge is 2.25. The van der Waals surface area contributed by atoms with E-state index in [0.29, 0.717) is 18.0 Å². The molecule has 0 aliphatic heterocycles. The topological polar surface area (TPSA) is 101 Å². The molecule has 1 aliphatic carbocycles. The Kier molecular flexibility index (Phi) is 4.64. The predicted molar refractivity (Wildman–Crippen MR) is 101 cm³/mol. The molecule has 136 valence electrons. The van der Waals surface area contributed by atoms with Crippen molar-refractivity contribution in [3.8, 4) is 0 Å². The molecule has 1 aliphatic rings. The molecule has 0 saturated heterocycles. The molecule has 0 aromatic carbocycles. The Bertz CT molecular complexity index is 931. The number of hydrogen-bond donors (Lipinski definition) is 3. The summed E-state index contributed by atoms with van der Waals surface area (Å²) in [5.41, 5.74) is 1.54. The fraction of sp³-hybridized carbons (Fsp3) is 0.353. The molecule has 8 nitrogen and oxygen atoms in total. The third kappa shape index (κ3) is 3.45. The lowest BCUT2D eigenvalue weighted by Gasteiger charge is -2.18. The standard InChI is InChI=1S/C17H19BrN6O2/c18-12-9-20-24-16(19-8-11-3-2-6-23(26)10-11)7-15(22-17(12)24)21-13-4-1-5-14(13)25/h2-3,6-7,9-10,13-14,19,25H,1,4-5,8H2,(H,21,22)/t13-,14-/m0/s1. The Balaban J connectivity index is 1.61. The second-order valence-electron chi connectivity index (χ2n) is 6.43. The summed E-state index contributed by atoms with van der Waals surface area (Å²) in [5, 5.41) is 32.5. The second kappa shape index (κ2) is 7.08. The van der Waals surface area contributed by atoms with E-state index in [1.807, 2.05) is 12.1 Å². The van der Waals surface area contributed by atoms with Crippen LogP contribution < -0.4 is 15.4 Å². The molecule has 26 heavy (non-hydrogen) atoms. The van der Waals surface area contributed by atoms with Crippen LogP contribution in [-0.2, 0) is 6.54 Å². The van der Waals surface area contributed by atoms with Gasteiger partial charge in [0.15, 0.2) is 18.0 Å². The van der Waals surface area contributed by atoms with E-state index in [1.54, 1.807) is 16.8 Å². The van der Waals surface area contributed by atoms with Crippen molar-refractivity contribution in [3.63, 3.8) is 0 Å². The number of hydrogen-bond acceptors (Lipinski definition) is 6. The van der Waals surface area contributed by atoms with E-state index < -0.39 is 0 Å². The average Bonchev–Trinajstić information content (AvgIpc) is 3.19. The van der Waals surface area contributed by atoms with Crippen LogP contribution in [0.2, 0.25) is 0 Å². The molecular formula is C17H19BrN6O2. The lowest BCUT2D eigenvalue weighted by atomic mass is 10.2. The van der Waals surface area contributed by atoms with Crippen molar-refractivity contribution in [2.75, 3.05) is 10.6 Å². The summed E-state index contributed by atoms with van der Waals surface area (Å²) in [4.78, 5) is 4.60. The highest BCUT2D eigenvalue weighted by Crippen LogP contribution is 2.26. The van der Waals surface area contributed by atoms with Crippen LogP contribution in [0.1, 0.15) is 24.8 Å². The molecule has 0 unspecified atom stereocenters. The fourth-order valence-electron chi connectivity index (χ4n) is 3.23. The van der Waals surface area contributed by atoms with Crippen molar-refractivity contribution in [2.45, 2.75) is 38.0 Å². The van der Waals surface area contributed by atoms with Gasteiger partial charge in [-0.05, 0) is 41.3 Å². The Labute approximate surface area is 158 Å². The van der Waals surface area contributed by atoms with Crippen molar-refractivity contribution in [3.05, 3.63) is 52.0 Å². The van der Waals surface area contributed by atoms with Crippen LogP contribution in [0.25, 0.3) is 5.65 Å². The number of fused-ring (bicyclic) bond motifs is 1. The minimum atomic E-state index is -0.352. The van der Waals surface area contributed by atoms with Gasteiger partial charge in [-0.2, -0.15) is 14.3 Å². The van der Waals surface area contributed by atoms with Crippen LogP contribution in [0.5, 0.6) is 0 Å². The van der Waals surface area contributed by atoms with Gasteiger partial charge >= 0.3 is 0 Å². The number of pyridine rings is 1. The first-order chi connectivity index (χ1) is 12.6. The van der Waals surface area contributed by atoms with Crippen LogP contribution in [0, 0.1) is 5.21 Å². The van der Waals surface area contributed by atoms with Gasteiger partial charge in [0.05, 0.1) is 22.8 Å². The molecule has 2 atom stereocenters. The number of nitrogens with one attached hydrogen (secondary N) is 2. The number of aliphatic hydroxyl groups excluding tert-OH is 1. The molecule has 3 heterocycles. The van der Waals surface area contributed by atoms with Crippen LogP contribution in [0.3, 0.4) is 0 Å². The number of anilines is 2. The van der Waals surface area contributed by atoms with Crippen LogP contribution >= 0.6 is 15.9 Å². The quantitative estimate of drug-likeness (QED) is 0.432. The average molecular weight is 419 g/mol. The SMILES string of the molecule is [O-][n+]1cccc(CNc2cc(N[C@H]3CCC[C@@H]3O)nc3c(Br)cnn23)c1. The molecule has 1 saturated carbocycles. The molecule has 0 amide bonds. The van der Waals surface area contributed by atoms with Gasteiger partial charge in [0.1, 0.15) is 11.6 Å². The van der Waals surface area contributed by atoms with E-state index in [9.17, 15) is 10.3 Å². The van der Waals surface area contributed by atoms with E-state index >= 15 is 0 Å². The molecule has 0 bridgehead atoms. The van der Waals surface area contributed by atoms with Gasteiger partial charge in [-0.25, -0.2) is 4.98 Å².